The Bertz CT molecular complexity index is 612. The van der Waals surface area contributed by atoms with Crippen molar-refractivity contribution in [3.05, 3.63) is 34.6 Å². The maximum absolute atomic E-state index is 10.8. The molecular formula is C11H14N6O3. The Hall–Kier alpha value is -2.68. The number of nitrogens with two attached hydrogens (primary N) is 1. The fourth-order valence-corrected chi connectivity index (χ4v) is 1.59. The van der Waals surface area contributed by atoms with Gasteiger partial charge in [0.15, 0.2) is 11.6 Å². The van der Waals surface area contributed by atoms with Crippen molar-refractivity contribution >= 4 is 11.5 Å². The summed E-state index contributed by atoms with van der Waals surface area (Å²) in [6, 6.07) is 2.44. The lowest BCUT2D eigenvalue weighted by Gasteiger charge is -2.04. The lowest BCUT2D eigenvalue weighted by atomic mass is 10.4. The third kappa shape index (κ3) is 3.20. The van der Waals surface area contributed by atoms with Crippen LogP contribution < -0.4 is 16.0 Å². The number of rotatable bonds is 6. The summed E-state index contributed by atoms with van der Waals surface area (Å²) < 4.78 is 7.16. The quantitative estimate of drug-likeness (QED) is 0.468. The third-order valence-corrected chi connectivity index (χ3v) is 2.43. The molecule has 0 aliphatic heterocycles. The fraction of sp³-hybridized carbons (Fsp3) is 0.273. The molecule has 2 aromatic rings. The zero-order valence-electron chi connectivity index (χ0n) is 10.8. The topological polar surface area (TPSA) is 121 Å². The second-order valence-electron chi connectivity index (χ2n) is 3.99. The van der Waals surface area contributed by atoms with Gasteiger partial charge in [-0.3, -0.25) is 14.8 Å². The number of nitrogens with zero attached hydrogens (tertiary/aromatic N) is 4. The fourth-order valence-electron chi connectivity index (χ4n) is 1.59. The minimum absolute atomic E-state index is 0.0724. The molecule has 2 rings (SSSR count). The van der Waals surface area contributed by atoms with Crippen molar-refractivity contribution in [2.24, 2.45) is 5.84 Å². The molecule has 0 saturated heterocycles. The molecule has 0 aliphatic rings. The van der Waals surface area contributed by atoms with E-state index in [1.807, 2.05) is 6.92 Å². The predicted octanol–water partition coefficient (Wildman–Crippen LogP) is 1.67. The van der Waals surface area contributed by atoms with Gasteiger partial charge in [-0.15, -0.1) is 0 Å². The van der Waals surface area contributed by atoms with Crippen molar-refractivity contribution in [1.29, 1.82) is 0 Å². The lowest BCUT2D eigenvalue weighted by Crippen LogP contribution is -2.09. The minimum atomic E-state index is -0.546. The Kier molecular flexibility index (Phi) is 4.11. The molecule has 3 N–H and O–H groups in total. The Morgan fingerprint density at radius 3 is 3.00 bits per heavy atom. The predicted molar refractivity (Wildman–Crippen MR) is 71.3 cm³/mol. The number of anilines is 1. The number of hydrogen-bond acceptors (Lipinski definition) is 7. The standard InChI is InChI=1S/C11H14N6O3/c1-2-3-16-7-9(6-13-16)20-11-5-8(17(18)19)4-10(14-11)15-12/h4-7H,2-3,12H2,1H3,(H,14,15). The first-order valence-corrected chi connectivity index (χ1v) is 5.95. The van der Waals surface area contributed by atoms with Crippen LogP contribution in [-0.2, 0) is 6.54 Å². The Morgan fingerprint density at radius 1 is 1.55 bits per heavy atom. The summed E-state index contributed by atoms with van der Waals surface area (Å²) in [5.74, 6) is 5.89. The van der Waals surface area contributed by atoms with Gasteiger partial charge in [-0.1, -0.05) is 6.92 Å². The van der Waals surface area contributed by atoms with Gasteiger partial charge in [0, 0.05) is 6.54 Å². The summed E-state index contributed by atoms with van der Waals surface area (Å²) in [5.41, 5.74) is 2.09. The van der Waals surface area contributed by atoms with Gasteiger partial charge in [0.2, 0.25) is 5.88 Å². The molecule has 0 unspecified atom stereocenters. The van der Waals surface area contributed by atoms with Crippen LogP contribution in [0.5, 0.6) is 11.6 Å². The number of ether oxygens (including phenoxy) is 1. The third-order valence-electron chi connectivity index (χ3n) is 2.43. The monoisotopic (exact) mass is 278 g/mol. The maximum atomic E-state index is 10.8. The molecule has 0 aliphatic carbocycles. The summed E-state index contributed by atoms with van der Waals surface area (Å²) in [4.78, 5) is 14.2. The van der Waals surface area contributed by atoms with Gasteiger partial charge < -0.3 is 10.2 Å². The zero-order chi connectivity index (χ0) is 14.5. The summed E-state index contributed by atoms with van der Waals surface area (Å²) in [6.45, 7) is 2.80. The minimum Gasteiger partial charge on any atom is -0.435 e. The number of pyridine rings is 1. The number of nitrogen functional groups attached to an aromatic ring is 1. The molecule has 2 heterocycles. The SMILES string of the molecule is CCCn1cc(Oc2cc([N+](=O)[O-])cc(NN)n2)cn1. The zero-order valence-corrected chi connectivity index (χ0v) is 10.8. The summed E-state index contributed by atoms with van der Waals surface area (Å²) >= 11 is 0. The van der Waals surface area contributed by atoms with Gasteiger partial charge in [0.25, 0.3) is 5.69 Å². The Morgan fingerprint density at radius 2 is 2.35 bits per heavy atom. The summed E-state index contributed by atoms with van der Waals surface area (Å²) in [5, 5.41) is 14.9. The molecule has 0 spiro atoms. The van der Waals surface area contributed by atoms with Crippen LogP contribution in [0.15, 0.2) is 24.5 Å². The summed E-state index contributed by atoms with van der Waals surface area (Å²) in [7, 11) is 0. The van der Waals surface area contributed by atoms with Crippen LogP contribution >= 0.6 is 0 Å². The first-order valence-electron chi connectivity index (χ1n) is 5.95. The molecule has 2 aromatic heterocycles. The summed E-state index contributed by atoms with van der Waals surface area (Å²) in [6.07, 6.45) is 4.16. The van der Waals surface area contributed by atoms with Crippen LogP contribution in [0.4, 0.5) is 11.5 Å². The molecule has 0 bridgehead atoms. The average molecular weight is 278 g/mol. The lowest BCUT2D eigenvalue weighted by molar-refractivity contribution is -0.384. The second-order valence-corrected chi connectivity index (χ2v) is 3.99. The molecule has 9 heteroatoms. The van der Waals surface area contributed by atoms with E-state index in [4.69, 9.17) is 10.6 Å². The van der Waals surface area contributed by atoms with Crippen molar-refractivity contribution in [2.45, 2.75) is 19.9 Å². The van der Waals surface area contributed by atoms with E-state index in [0.29, 0.717) is 5.75 Å². The number of aryl methyl sites for hydroxylation is 1. The second kappa shape index (κ2) is 5.97. The van der Waals surface area contributed by atoms with E-state index in [-0.39, 0.29) is 17.4 Å². The highest BCUT2D eigenvalue weighted by atomic mass is 16.6. The van der Waals surface area contributed by atoms with Crippen molar-refractivity contribution in [2.75, 3.05) is 5.43 Å². The number of nitro groups is 1. The van der Waals surface area contributed by atoms with E-state index in [9.17, 15) is 10.1 Å². The van der Waals surface area contributed by atoms with E-state index in [1.165, 1.54) is 18.3 Å². The highest BCUT2D eigenvalue weighted by Gasteiger charge is 2.13. The largest absolute Gasteiger partial charge is 0.435 e. The van der Waals surface area contributed by atoms with Gasteiger partial charge in [0.05, 0.1) is 29.4 Å². The van der Waals surface area contributed by atoms with Crippen LogP contribution in [0.3, 0.4) is 0 Å². The number of hydrazine groups is 1. The average Bonchev–Trinajstić information content (AvgIpc) is 2.86. The first-order chi connectivity index (χ1) is 9.62. The van der Waals surface area contributed by atoms with E-state index < -0.39 is 4.92 Å². The molecule has 0 saturated carbocycles. The molecule has 0 radical (unpaired) electrons. The molecule has 9 nitrogen and oxygen atoms in total. The maximum Gasteiger partial charge on any atom is 0.278 e. The van der Waals surface area contributed by atoms with E-state index in [1.54, 1.807) is 10.9 Å². The number of nitrogens with one attached hydrogen (secondary N) is 1. The molecule has 0 amide bonds. The Labute approximate surface area is 114 Å². The normalized spacial score (nSPS) is 10.3. The van der Waals surface area contributed by atoms with Crippen molar-refractivity contribution < 1.29 is 9.66 Å². The van der Waals surface area contributed by atoms with Crippen LogP contribution in [0.1, 0.15) is 13.3 Å². The molecule has 0 fully saturated rings. The molecular weight excluding hydrogens is 264 g/mol. The van der Waals surface area contributed by atoms with E-state index >= 15 is 0 Å². The molecule has 0 aromatic carbocycles. The molecule has 20 heavy (non-hydrogen) atoms. The number of hydrogen-bond donors (Lipinski definition) is 2. The highest BCUT2D eigenvalue weighted by Crippen LogP contribution is 2.25. The van der Waals surface area contributed by atoms with Crippen LogP contribution in [0.25, 0.3) is 0 Å². The first kappa shape index (κ1) is 13.7. The van der Waals surface area contributed by atoms with Gasteiger partial charge in [-0.2, -0.15) is 10.1 Å². The van der Waals surface area contributed by atoms with Crippen molar-refractivity contribution in [3.8, 4) is 11.6 Å². The highest BCUT2D eigenvalue weighted by molar-refractivity contribution is 5.48. The van der Waals surface area contributed by atoms with Crippen LogP contribution in [0.2, 0.25) is 0 Å². The van der Waals surface area contributed by atoms with Gasteiger partial charge in [-0.05, 0) is 6.42 Å². The van der Waals surface area contributed by atoms with Crippen molar-refractivity contribution in [1.82, 2.24) is 14.8 Å². The van der Waals surface area contributed by atoms with Gasteiger partial charge in [0.1, 0.15) is 0 Å². The molecule has 0 atom stereocenters. The molecule has 106 valence electrons. The Balaban J connectivity index is 2.22. The smallest absolute Gasteiger partial charge is 0.278 e. The van der Waals surface area contributed by atoms with E-state index in [2.05, 4.69) is 15.5 Å². The van der Waals surface area contributed by atoms with Crippen LogP contribution in [-0.4, -0.2) is 19.7 Å². The number of aromatic nitrogens is 3. The van der Waals surface area contributed by atoms with Gasteiger partial charge in [-0.25, -0.2) is 5.84 Å². The van der Waals surface area contributed by atoms with Crippen molar-refractivity contribution in [3.63, 3.8) is 0 Å². The van der Waals surface area contributed by atoms with E-state index in [0.717, 1.165) is 13.0 Å². The van der Waals surface area contributed by atoms with Crippen LogP contribution in [0, 0.1) is 10.1 Å². The van der Waals surface area contributed by atoms with Gasteiger partial charge >= 0.3 is 0 Å².